The van der Waals surface area contributed by atoms with Gasteiger partial charge in [0, 0.05) is 0 Å². The van der Waals surface area contributed by atoms with E-state index in [4.69, 9.17) is 14.6 Å². The highest BCUT2D eigenvalue weighted by Gasteiger charge is 2.40. The molecule has 5 heteroatoms. The van der Waals surface area contributed by atoms with Crippen LogP contribution in [-0.4, -0.2) is 59.6 Å². The third-order valence-corrected chi connectivity index (χ3v) is 3.75. The Balaban J connectivity index is 2.15. The van der Waals surface area contributed by atoms with Gasteiger partial charge in [0.05, 0.1) is 19.8 Å². The average molecular weight is 302 g/mol. The summed E-state index contributed by atoms with van der Waals surface area (Å²) in [6, 6.07) is 0. The summed E-state index contributed by atoms with van der Waals surface area (Å²) in [5, 5.41) is 28.3. The van der Waals surface area contributed by atoms with E-state index in [1.54, 1.807) is 0 Å². The summed E-state index contributed by atoms with van der Waals surface area (Å²) in [7, 11) is 0. The minimum Gasteiger partial charge on any atom is -0.394 e. The first kappa shape index (κ1) is 18.6. The molecule has 124 valence electrons. The minimum atomic E-state index is -1.02. The highest BCUT2D eigenvalue weighted by molar-refractivity contribution is 4.90. The van der Waals surface area contributed by atoms with Crippen molar-refractivity contribution in [3.63, 3.8) is 0 Å². The second-order valence-electron chi connectivity index (χ2n) is 5.59. The number of hydrogen-bond donors (Lipinski definition) is 3. The molecule has 0 radical (unpaired) electrons. The molecule has 0 saturated carbocycles. The molecule has 0 aromatic carbocycles. The monoisotopic (exact) mass is 302 g/mol. The quantitative estimate of drug-likeness (QED) is 0.397. The zero-order valence-corrected chi connectivity index (χ0v) is 13.0. The Labute approximate surface area is 127 Å². The number of unbranched alkanes of at least 4 members (excludes halogenated alkanes) is 5. The summed E-state index contributed by atoms with van der Waals surface area (Å²) >= 11 is 0. The summed E-state index contributed by atoms with van der Waals surface area (Å²) in [4.78, 5) is 0. The maximum absolute atomic E-state index is 9.76. The number of aliphatic hydroxyl groups excluding tert-OH is 3. The van der Waals surface area contributed by atoms with Gasteiger partial charge in [0.15, 0.2) is 0 Å². The van der Waals surface area contributed by atoms with Crippen molar-refractivity contribution in [2.45, 2.75) is 69.9 Å². The van der Waals surface area contributed by atoms with Gasteiger partial charge in [-0.2, -0.15) is 0 Å². The van der Waals surface area contributed by atoms with Crippen LogP contribution in [0.4, 0.5) is 0 Å². The van der Waals surface area contributed by atoms with Gasteiger partial charge in [-0.1, -0.05) is 44.8 Å². The standard InChI is InChI=1S/C16H30O5/c1-2-3-4-5-6-7-8-9-10-20-16-14(19)12-21-15(16)13(18)11-17/h8-9,13-19H,2-7,10-12H2,1H3/b9-8+/t13-,14+,15-,16-/m0/s1. The Morgan fingerprint density at radius 2 is 2.00 bits per heavy atom. The van der Waals surface area contributed by atoms with Crippen molar-refractivity contribution < 1.29 is 24.8 Å². The maximum atomic E-state index is 9.76. The van der Waals surface area contributed by atoms with E-state index in [2.05, 4.69) is 13.0 Å². The SMILES string of the molecule is CCCCCCC/C=C/CO[C@@H]1[C@H]([C@@H](O)CO)OC[C@H]1O. The molecule has 4 atom stereocenters. The first-order valence-corrected chi connectivity index (χ1v) is 8.05. The molecule has 0 aromatic heterocycles. The molecule has 0 unspecified atom stereocenters. The van der Waals surface area contributed by atoms with Gasteiger partial charge >= 0.3 is 0 Å². The number of rotatable bonds is 11. The van der Waals surface area contributed by atoms with E-state index in [-0.39, 0.29) is 6.61 Å². The van der Waals surface area contributed by atoms with Crippen molar-refractivity contribution in [2.24, 2.45) is 0 Å². The highest BCUT2D eigenvalue weighted by atomic mass is 16.6. The lowest BCUT2D eigenvalue weighted by molar-refractivity contribution is -0.0879. The van der Waals surface area contributed by atoms with Crippen molar-refractivity contribution in [3.05, 3.63) is 12.2 Å². The molecule has 0 bridgehead atoms. The molecule has 1 aliphatic rings. The van der Waals surface area contributed by atoms with E-state index in [1.165, 1.54) is 32.1 Å². The van der Waals surface area contributed by atoms with Gasteiger partial charge in [0.1, 0.15) is 24.4 Å². The molecule has 1 saturated heterocycles. The maximum Gasteiger partial charge on any atom is 0.115 e. The molecule has 1 fully saturated rings. The zero-order chi connectivity index (χ0) is 15.5. The van der Waals surface area contributed by atoms with Crippen molar-refractivity contribution >= 4 is 0 Å². The largest absolute Gasteiger partial charge is 0.394 e. The summed E-state index contributed by atoms with van der Waals surface area (Å²) < 4.78 is 10.8. The molecule has 21 heavy (non-hydrogen) atoms. The molecule has 5 nitrogen and oxygen atoms in total. The fourth-order valence-electron chi connectivity index (χ4n) is 2.48. The number of aliphatic hydroxyl groups is 3. The van der Waals surface area contributed by atoms with E-state index in [1.807, 2.05) is 6.08 Å². The Morgan fingerprint density at radius 3 is 2.71 bits per heavy atom. The summed E-state index contributed by atoms with van der Waals surface area (Å²) in [6.45, 7) is 2.33. The molecule has 0 aliphatic carbocycles. The fourth-order valence-corrected chi connectivity index (χ4v) is 2.48. The average Bonchev–Trinajstić information content (AvgIpc) is 2.86. The first-order valence-electron chi connectivity index (χ1n) is 8.05. The van der Waals surface area contributed by atoms with Crippen LogP contribution in [0.2, 0.25) is 0 Å². The molecule has 1 aliphatic heterocycles. The van der Waals surface area contributed by atoms with Crippen LogP contribution in [0.25, 0.3) is 0 Å². The Hall–Kier alpha value is -0.460. The van der Waals surface area contributed by atoms with Gasteiger partial charge in [-0.25, -0.2) is 0 Å². The van der Waals surface area contributed by atoms with E-state index in [0.717, 1.165) is 6.42 Å². The Kier molecular flexibility index (Phi) is 9.87. The van der Waals surface area contributed by atoms with E-state index in [0.29, 0.717) is 6.61 Å². The third-order valence-electron chi connectivity index (χ3n) is 3.75. The second kappa shape index (κ2) is 11.2. The lowest BCUT2D eigenvalue weighted by Crippen LogP contribution is -2.42. The van der Waals surface area contributed by atoms with Gasteiger partial charge in [0.25, 0.3) is 0 Å². The molecular weight excluding hydrogens is 272 g/mol. The van der Waals surface area contributed by atoms with Crippen LogP contribution < -0.4 is 0 Å². The highest BCUT2D eigenvalue weighted by Crippen LogP contribution is 2.20. The van der Waals surface area contributed by atoms with Gasteiger partial charge < -0.3 is 24.8 Å². The summed E-state index contributed by atoms with van der Waals surface area (Å²) in [5.41, 5.74) is 0. The van der Waals surface area contributed by atoms with E-state index < -0.39 is 31.0 Å². The second-order valence-corrected chi connectivity index (χ2v) is 5.59. The predicted octanol–water partition coefficient (Wildman–Crippen LogP) is 1.40. The van der Waals surface area contributed by atoms with Crippen LogP contribution in [-0.2, 0) is 9.47 Å². The van der Waals surface area contributed by atoms with Crippen LogP contribution in [0.3, 0.4) is 0 Å². The lowest BCUT2D eigenvalue weighted by atomic mass is 10.1. The lowest BCUT2D eigenvalue weighted by Gasteiger charge is -2.23. The number of allylic oxidation sites excluding steroid dienone is 1. The molecule has 0 aromatic rings. The number of hydrogen-bond acceptors (Lipinski definition) is 5. The molecular formula is C16H30O5. The summed E-state index contributed by atoms with van der Waals surface area (Å²) in [6.07, 6.45) is 8.38. The van der Waals surface area contributed by atoms with Crippen LogP contribution in [0.15, 0.2) is 12.2 Å². The normalized spacial score (nSPS) is 27.5. The molecule has 1 heterocycles. The minimum absolute atomic E-state index is 0.132. The van der Waals surface area contributed by atoms with Crippen LogP contribution in [0.1, 0.15) is 45.4 Å². The van der Waals surface area contributed by atoms with Crippen molar-refractivity contribution in [3.8, 4) is 0 Å². The molecule has 3 N–H and O–H groups in total. The van der Waals surface area contributed by atoms with Crippen molar-refractivity contribution in [1.82, 2.24) is 0 Å². The topological polar surface area (TPSA) is 79.2 Å². The smallest absolute Gasteiger partial charge is 0.115 e. The van der Waals surface area contributed by atoms with Gasteiger partial charge in [-0.15, -0.1) is 0 Å². The van der Waals surface area contributed by atoms with Crippen LogP contribution >= 0.6 is 0 Å². The van der Waals surface area contributed by atoms with Crippen LogP contribution in [0.5, 0.6) is 0 Å². The Morgan fingerprint density at radius 1 is 1.24 bits per heavy atom. The molecule has 0 amide bonds. The molecule has 1 rings (SSSR count). The van der Waals surface area contributed by atoms with Gasteiger partial charge in [-0.05, 0) is 12.8 Å². The van der Waals surface area contributed by atoms with E-state index >= 15 is 0 Å². The van der Waals surface area contributed by atoms with Gasteiger partial charge in [0.2, 0.25) is 0 Å². The molecule has 0 spiro atoms. The van der Waals surface area contributed by atoms with Gasteiger partial charge in [-0.3, -0.25) is 0 Å². The zero-order valence-electron chi connectivity index (χ0n) is 13.0. The number of ether oxygens (including phenoxy) is 2. The van der Waals surface area contributed by atoms with Crippen molar-refractivity contribution in [1.29, 1.82) is 0 Å². The van der Waals surface area contributed by atoms with E-state index in [9.17, 15) is 10.2 Å². The predicted molar refractivity (Wildman–Crippen MR) is 81.1 cm³/mol. The Bertz CT molecular complexity index is 282. The summed E-state index contributed by atoms with van der Waals surface area (Å²) in [5.74, 6) is 0. The van der Waals surface area contributed by atoms with Crippen LogP contribution in [0, 0.1) is 0 Å². The fraction of sp³-hybridized carbons (Fsp3) is 0.875. The third kappa shape index (κ3) is 6.89. The first-order chi connectivity index (χ1) is 10.2. The van der Waals surface area contributed by atoms with Crippen molar-refractivity contribution in [2.75, 3.05) is 19.8 Å².